The first-order chi connectivity index (χ1) is 7.56. The predicted molar refractivity (Wildman–Crippen MR) is 59.0 cm³/mol. The highest BCUT2D eigenvalue weighted by Crippen LogP contribution is 2.22. The Hall–Kier alpha value is -1.29. The summed E-state index contributed by atoms with van der Waals surface area (Å²) in [6, 6.07) is 1.78. The van der Waals surface area contributed by atoms with Gasteiger partial charge in [0, 0.05) is 0 Å². The number of ether oxygens (including phenoxy) is 1. The van der Waals surface area contributed by atoms with Crippen LogP contribution in [0.15, 0.2) is 10.5 Å². The summed E-state index contributed by atoms with van der Waals surface area (Å²) in [7, 11) is 0. The van der Waals surface area contributed by atoms with Crippen molar-refractivity contribution in [3.8, 4) is 0 Å². The lowest BCUT2D eigenvalue weighted by Crippen LogP contribution is -2.16. The summed E-state index contributed by atoms with van der Waals surface area (Å²) in [4.78, 5) is 11.4. The number of esters is 1. The molecule has 0 saturated heterocycles. The zero-order chi connectivity index (χ0) is 12.1. The lowest BCUT2D eigenvalue weighted by atomic mass is 10.2. The van der Waals surface area contributed by atoms with Gasteiger partial charge in [0.1, 0.15) is 11.5 Å². The van der Waals surface area contributed by atoms with Crippen molar-refractivity contribution in [1.29, 1.82) is 0 Å². The Morgan fingerprint density at radius 3 is 2.75 bits per heavy atom. The first-order valence-electron chi connectivity index (χ1n) is 5.48. The number of carbonyl (C=O) groups excluding carboxylic acids is 1. The third-order valence-electron chi connectivity index (χ3n) is 2.29. The highest BCUT2D eigenvalue weighted by atomic mass is 16.5. The number of hydrogen-bond acceptors (Lipinski definition) is 4. The SMILES string of the molecule is CCCCOC(=O)[C@H](O)c1oc(C)cc1C. The maximum atomic E-state index is 11.4. The van der Waals surface area contributed by atoms with Gasteiger partial charge in [0.2, 0.25) is 6.10 Å². The van der Waals surface area contributed by atoms with E-state index in [4.69, 9.17) is 9.15 Å². The largest absolute Gasteiger partial charge is 0.463 e. The molecule has 1 aromatic heterocycles. The third-order valence-corrected chi connectivity index (χ3v) is 2.29. The van der Waals surface area contributed by atoms with E-state index in [0.717, 1.165) is 18.4 Å². The van der Waals surface area contributed by atoms with Gasteiger partial charge in [-0.1, -0.05) is 13.3 Å². The molecule has 0 aliphatic rings. The molecule has 0 spiro atoms. The molecule has 0 aromatic carbocycles. The summed E-state index contributed by atoms with van der Waals surface area (Å²) in [5.74, 6) is 0.304. The number of aliphatic hydroxyl groups is 1. The molecule has 4 heteroatoms. The van der Waals surface area contributed by atoms with Gasteiger partial charge in [-0.25, -0.2) is 4.79 Å². The molecule has 0 bridgehead atoms. The Morgan fingerprint density at radius 2 is 2.25 bits per heavy atom. The first-order valence-corrected chi connectivity index (χ1v) is 5.48. The van der Waals surface area contributed by atoms with E-state index in [0.29, 0.717) is 12.4 Å². The zero-order valence-electron chi connectivity index (χ0n) is 9.95. The Kier molecular flexibility index (Phi) is 4.55. The van der Waals surface area contributed by atoms with Gasteiger partial charge in [-0.05, 0) is 31.9 Å². The minimum Gasteiger partial charge on any atom is -0.463 e. The van der Waals surface area contributed by atoms with Crippen LogP contribution in [0.1, 0.15) is 43.0 Å². The van der Waals surface area contributed by atoms with Crippen LogP contribution in [0.2, 0.25) is 0 Å². The Balaban J connectivity index is 2.59. The summed E-state index contributed by atoms with van der Waals surface area (Å²) in [6.07, 6.45) is 0.433. The van der Waals surface area contributed by atoms with Gasteiger partial charge in [0.15, 0.2) is 0 Å². The molecule has 1 N–H and O–H groups in total. The van der Waals surface area contributed by atoms with Crippen LogP contribution in [-0.2, 0) is 9.53 Å². The van der Waals surface area contributed by atoms with Crippen LogP contribution < -0.4 is 0 Å². The highest BCUT2D eigenvalue weighted by molar-refractivity contribution is 5.75. The molecule has 1 rings (SSSR count). The normalized spacial score (nSPS) is 12.5. The van der Waals surface area contributed by atoms with Crippen molar-refractivity contribution in [2.24, 2.45) is 0 Å². The molecule has 4 nitrogen and oxygen atoms in total. The summed E-state index contributed by atoms with van der Waals surface area (Å²) in [5.41, 5.74) is 0.762. The number of aryl methyl sites for hydroxylation is 2. The minimum absolute atomic E-state index is 0.277. The average Bonchev–Trinajstić information content (AvgIpc) is 2.57. The number of aliphatic hydroxyl groups excluding tert-OH is 1. The number of rotatable bonds is 5. The van der Waals surface area contributed by atoms with Crippen molar-refractivity contribution < 1.29 is 19.1 Å². The van der Waals surface area contributed by atoms with Crippen molar-refractivity contribution in [2.45, 2.75) is 39.7 Å². The van der Waals surface area contributed by atoms with Gasteiger partial charge in [-0.3, -0.25) is 0 Å². The van der Waals surface area contributed by atoms with Gasteiger partial charge in [-0.2, -0.15) is 0 Å². The van der Waals surface area contributed by atoms with Crippen molar-refractivity contribution in [3.05, 3.63) is 23.2 Å². The molecular formula is C12H18O4. The fourth-order valence-electron chi connectivity index (χ4n) is 1.43. The van der Waals surface area contributed by atoms with Gasteiger partial charge >= 0.3 is 5.97 Å². The Morgan fingerprint density at radius 1 is 1.56 bits per heavy atom. The van der Waals surface area contributed by atoms with Crippen molar-refractivity contribution >= 4 is 5.97 Å². The monoisotopic (exact) mass is 226 g/mol. The van der Waals surface area contributed by atoms with Crippen LogP contribution in [-0.4, -0.2) is 17.7 Å². The number of carbonyl (C=O) groups is 1. The predicted octanol–water partition coefficient (Wildman–Crippen LogP) is 2.27. The van der Waals surface area contributed by atoms with E-state index in [1.165, 1.54) is 0 Å². The molecule has 0 unspecified atom stereocenters. The minimum atomic E-state index is -1.31. The van der Waals surface area contributed by atoms with Crippen LogP contribution in [0.3, 0.4) is 0 Å². The van der Waals surface area contributed by atoms with Gasteiger partial charge < -0.3 is 14.3 Å². The van der Waals surface area contributed by atoms with Crippen LogP contribution in [0, 0.1) is 13.8 Å². The van der Waals surface area contributed by atoms with Crippen molar-refractivity contribution in [1.82, 2.24) is 0 Å². The third kappa shape index (κ3) is 3.10. The van der Waals surface area contributed by atoms with E-state index in [1.807, 2.05) is 6.92 Å². The molecule has 0 aliphatic carbocycles. The number of furan rings is 1. The second-order valence-electron chi connectivity index (χ2n) is 3.83. The molecular weight excluding hydrogens is 208 g/mol. The van der Waals surface area contributed by atoms with Crippen LogP contribution in [0.5, 0.6) is 0 Å². The quantitative estimate of drug-likeness (QED) is 0.618. The fraction of sp³-hybridized carbons (Fsp3) is 0.583. The Labute approximate surface area is 95.2 Å². The van der Waals surface area contributed by atoms with E-state index in [1.54, 1.807) is 19.9 Å². The molecule has 0 aliphatic heterocycles. The fourth-order valence-corrected chi connectivity index (χ4v) is 1.43. The molecule has 0 amide bonds. The lowest BCUT2D eigenvalue weighted by Gasteiger charge is -2.08. The smallest absolute Gasteiger partial charge is 0.343 e. The molecule has 16 heavy (non-hydrogen) atoms. The molecule has 0 saturated carbocycles. The molecule has 1 aromatic rings. The molecule has 1 atom stereocenters. The maximum absolute atomic E-state index is 11.4. The van der Waals surface area contributed by atoms with Gasteiger partial charge in [-0.15, -0.1) is 0 Å². The van der Waals surface area contributed by atoms with Crippen molar-refractivity contribution in [3.63, 3.8) is 0 Å². The molecule has 1 heterocycles. The van der Waals surface area contributed by atoms with Crippen molar-refractivity contribution in [2.75, 3.05) is 6.61 Å². The van der Waals surface area contributed by atoms with E-state index in [-0.39, 0.29) is 5.76 Å². The highest BCUT2D eigenvalue weighted by Gasteiger charge is 2.24. The maximum Gasteiger partial charge on any atom is 0.343 e. The summed E-state index contributed by atoms with van der Waals surface area (Å²) in [5, 5.41) is 9.71. The van der Waals surface area contributed by atoms with E-state index < -0.39 is 12.1 Å². The summed E-state index contributed by atoms with van der Waals surface area (Å²) < 4.78 is 10.2. The summed E-state index contributed by atoms with van der Waals surface area (Å²) >= 11 is 0. The Bertz CT molecular complexity index is 354. The number of unbranched alkanes of at least 4 members (excludes halogenated alkanes) is 1. The molecule has 0 radical (unpaired) electrons. The topological polar surface area (TPSA) is 59.7 Å². The molecule has 90 valence electrons. The second-order valence-corrected chi connectivity index (χ2v) is 3.83. The lowest BCUT2D eigenvalue weighted by molar-refractivity contribution is -0.155. The van der Waals surface area contributed by atoms with Gasteiger partial charge in [0.05, 0.1) is 6.61 Å². The van der Waals surface area contributed by atoms with Crippen LogP contribution >= 0.6 is 0 Å². The van der Waals surface area contributed by atoms with Crippen LogP contribution in [0.4, 0.5) is 0 Å². The van der Waals surface area contributed by atoms with Gasteiger partial charge in [0.25, 0.3) is 0 Å². The second kappa shape index (κ2) is 5.70. The molecule has 0 fully saturated rings. The number of hydrogen-bond donors (Lipinski definition) is 1. The zero-order valence-corrected chi connectivity index (χ0v) is 9.95. The first kappa shape index (κ1) is 12.8. The van der Waals surface area contributed by atoms with Crippen LogP contribution in [0.25, 0.3) is 0 Å². The summed E-state index contributed by atoms with van der Waals surface area (Å²) in [6.45, 7) is 5.90. The van der Waals surface area contributed by atoms with E-state index in [2.05, 4.69) is 0 Å². The standard InChI is InChI=1S/C12H18O4/c1-4-5-6-15-12(14)10(13)11-8(2)7-9(3)16-11/h7,10,13H,4-6H2,1-3H3/t10-/m1/s1. The average molecular weight is 226 g/mol. The van der Waals surface area contributed by atoms with E-state index >= 15 is 0 Å². The van der Waals surface area contributed by atoms with E-state index in [9.17, 15) is 9.90 Å².